The lowest BCUT2D eigenvalue weighted by atomic mass is 9.99. The molecule has 0 aromatic rings. The van der Waals surface area contributed by atoms with E-state index in [0.29, 0.717) is 31.6 Å². The van der Waals surface area contributed by atoms with Crippen LogP contribution in [0.2, 0.25) is 0 Å². The van der Waals surface area contributed by atoms with Crippen molar-refractivity contribution in [2.75, 3.05) is 39.6 Å². The first-order chi connectivity index (χ1) is 45.6. The highest BCUT2D eigenvalue weighted by molar-refractivity contribution is 7.47. The minimum absolute atomic E-state index is 0.105. The van der Waals surface area contributed by atoms with Crippen LogP contribution in [0, 0.1) is 23.7 Å². The van der Waals surface area contributed by atoms with Gasteiger partial charge in [0.25, 0.3) is 0 Å². The lowest BCUT2D eigenvalue weighted by molar-refractivity contribution is -0.161. The second-order valence-corrected chi connectivity index (χ2v) is 32.0. The molecule has 0 spiro atoms. The van der Waals surface area contributed by atoms with Crippen LogP contribution in [0.5, 0.6) is 0 Å². The minimum Gasteiger partial charge on any atom is -0.462 e. The average molecular weight is 1400 g/mol. The number of esters is 4. The van der Waals surface area contributed by atoms with Crippen LogP contribution in [0.4, 0.5) is 0 Å². The first kappa shape index (κ1) is 93.1. The molecule has 95 heavy (non-hydrogen) atoms. The van der Waals surface area contributed by atoms with E-state index < -0.39 is 97.5 Å². The van der Waals surface area contributed by atoms with Crippen molar-refractivity contribution < 1.29 is 80.2 Å². The van der Waals surface area contributed by atoms with Gasteiger partial charge in [0, 0.05) is 25.7 Å². The molecule has 0 aliphatic carbocycles. The van der Waals surface area contributed by atoms with E-state index in [1.807, 2.05) is 0 Å². The summed E-state index contributed by atoms with van der Waals surface area (Å²) in [6.07, 6.45) is 50.0. The number of aliphatic hydroxyl groups excluding tert-OH is 1. The van der Waals surface area contributed by atoms with Crippen LogP contribution in [-0.2, 0) is 65.4 Å². The molecule has 0 amide bonds. The highest BCUT2D eigenvalue weighted by Crippen LogP contribution is 2.45. The third-order valence-electron chi connectivity index (χ3n) is 17.9. The van der Waals surface area contributed by atoms with Crippen LogP contribution in [0.3, 0.4) is 0 Å². The number of carbonyl (C=O) groups is 4. The molecular formula is C76H148O17P2. The molecule has 564 valence electrons. The Morgan fingerprint density at radius 2 is 0.505 bits per heavy atom. The Labute approximate surface area is 581 Å². The molecule has 0 aromatic heterocycles. The van der Waals surface area contributed by atoms with Gasteiger partial charge in [0.05, 0.1) is 26.4 Å². The van der Waals surface area contributed by atoms with Crippen LogP contribution in [0.1, 0.15) is 383 Å². The first-order valence-corrected chi connectivity index (χ1v) is 42.2. The highest BCUT2D eigenvalue weighted by Gasteiger charge is 2.30. The molecule has 0 bridgehead atoms. The number of phosphoric ester groups is 2. The number of ether oxygens (including phenoxy) is 4. The predicted molar refractivity (Wildman–Crippen MR) is 386 cm³/mol. The molecule has 0 heterocycles. The third kappa shape index (κ3) is 69.0. The summed E-state index contributed by atoms with van der Waals surface area (Å²) in [7, 11) is -9.91. The number of aliphatic hydroxyl groups is 1. The molecule has 0 rings (SSSR count). The van der Waals surface area contributed by atoms with Crippen LogP contribution >= 0.6 is 15.6 Å². The maximum Gasteiger partial charge on any atom is 0.472 e. The van der Waals surface area contributed by atoms with Gasteiger partial charge in [-0.3, -0.25) is 37.3 Å². The van der Waals surface area contributed by atoms with Crippen molar-refractivity contribution in [3.05, 3.63) is 0 Å². The summed E-state index contributed by atoms with van der Waals surface area (Å²) in [6, 6.07) is 0. The van der Waals surface area contributed by atoms with Gasteiger partial charge in [-0.15, -0.1) is 0 Å². The van der Waals surface area contributed by atoms with E-state index in [-0.39, 0.29) is 25.7 Å². The largest absolute Gasteiger partial charge is 0.472 e. The Hall–Kier alpha value is -1.94. The summed E-state index contributed by atoms with van der Waals surface area (Å²) < 4.78 is 68.5. The van der Waals surface area contributed by atoms with Gasteiger partial charge in [0.2, 0.25) is 0 Å². The van der Waals surface area contributed by atoms with Crippen molar-refractivity contribution in [2.45, 2.75) is 401 Å². The number of hydrogen-bond donors (Lipinski definition) is 3. The second kappa shape index (κ2) is 65.4. The fourth-order valence-electron chi connectivity index (χ4n) is 11.5. The van der Waals surface area contributed by atoms with Gasteiger partial charge in [-0.25, -0.2) is 9.13 Å². The molecule has 17 nitrogen and oxygen atoms in total. The normalized spacial score (nSPS) is 14.4. The van der Waals surface area contributed by atoms with E-state index in [1.165, 1.54) is 180 Å². The van der Waals surface area contributed by atoms with Crippen molar-refractivity contribution in [3.63, 3.8) is 0 Å². The molecule has 0 fully saturated rings. The van der Waals surface area contributed by atoms with E-state index in [0.717, 1.165) is 114 Å². The molecule has 4 unspecified atom stereocenters. The number of phosphoric acid groups is 2. The number of rotatable bonds is 73. The van der Waals surface area contributed by atoms with E-state index in [2.05, 4.69) is 55.4 Å². The van der Waals surface area contributed by atoms with Crippen molar-refractivity contribution >= 4 is 39.5 Å². The fourth-order valence-corrected chi connectivity index (χ4v) is 13.1. The highest BCUT2D eigenvalue weighted by atomic mass is 31.2. The standard InChI is InChI=1S/C76H148O17P2/c1-9-69(8)55-47-39-31-25-26-34-43-51-59-76(81)93-71(62-86-73(78)56-48-40-32-23-19-16-12-14-18-22-29-37-45-53-67(4)5)64-90-94(82,83)88-60-70(77)61-89-95(84,85)91-65-72(63-87-74(79)57-49-41-35-27-30-38-46-54-68(6)7)92-75(80)58-50-42-33-24-20-15-11-10-13-17-21-28-36-44-52-66(2)3/h66-72,77H,9-65H2,1-8H3,(H,82,83)(H,84,85)/t69?,70?,71-,72-/m1/s1. The van der Waals surface area contributed by atoms with Crippen LogP contribution in [0.25, 0.3) is 0 Å². The maximum absolute atomic E-state index is 13.1. The smallest absolute Gasteiger partial charge is 0.462 e. The lowest BCUT2D eigenvalue weighted by Gasteiger charge is -2.21. The molecule has 0 aliphatic heterocycles. The quantitative estimate of drug-likeness (QED) is 0.0222. The van der Waals surface area contributed by atoms with E-state index in [4.69, 9.17) is 37.0 Å². The monoisotopic (exact) mass is 1400 g/mol. The molecule has 6 atom stereocenters. The lowest BCUT2D eigenvalue weighted by Crippen LogP contribution is -2.30. The van der Waals surface area contributed by atoms with E-state index >= 15 is 0 Å². The zero-order valence-corrected chi connectivity index (χ0v) is 64.1. The number of carbonyl (C=O) groups excluding carboxylic acids is 4. The molecule has 0 saturated heterocycles. The summed E-state index contributed by atoms with van der Waals surface area (Å²) in [5, 5.41) is 10.6. The third-order valence-corrected chi connectivity index (χ3v) is 19.8. The minimum atomic E-state index is -4.96. The number of hydrogen-bond acceptors (Lipinski definition) is 15. The predicted octanol–water partition coefficient (Wildman–Crippen LogP) is 22.0. The van der Waals surface area contributed by atoms with E-state index in [1.54, 1.807) is 0 Å². The Morgan fingerprint density at radius 3 is 0.747 bits per heavy atom. The van der Waals surface area contributed by atoms with Gasteiger partial charge < -0.3 is 33.8 Å². The molecule has 3 N–H and O–H groups in total. The topological polar surface area (TPSA) is 237 Å². The van der Waals surface area contributed by atoms with Gasteiger partial charge in [-0.05, 0) is 49.4 Å². The van der Waals surface area contributed by atoms with E-state index in [9.17, 15) is 43.2 Å². The molecule has 0 aromatic carbocycles. The van der Waals surface area contributed by atoms with Crippen molar-refractivity contribution in [2.24, 2.45) is 23.7 Å². The van der Waals surface area contributed by atoms with Crippen LogP contribution < -0.4 is 0 Å². The number of unbranched alkanes of at least 4 members (excludes halogenated alkanes) is 38. The van der Waals surface area contributed by atoms with Gasteiger partial charge in [0.1, 0.15) is 19.3 Å². The molecule has 0 aliphatic rings. The zero-order chi connectivity index (χ0) is 70.3. The molecular weight excluding hydrogens is 1250 g/mol. The van der Waals surface area contributed by atoms with Gasteiger partial charge >= 0.3 is 39.5 Å². The Kier molecular flexibility index (Phi) is 64.0. The van der Waals surface area contributed by atoms with Gasteiger partial charge in [0.15, 0.2) is 12.2 Å². The zero-order valence-electron chi connectivity index (χ0n) is 62.3. The van der Waals surface area contributed by atoms with Crippen molar-refractivity contribution in [1.82, 2.24) is 0 Å². The van der Waals surface area contributed by atoms with Gasteiger partial charge in [-0.1, -0.05) is 331 Å². The molecule has 0 radical (unpaired) electrons. The summed E-state index contributed by atoms with van der Waals surface area (Å²) in [5.74, 6) is 0.938. The Bertz CT molecular complexity index is 1870. The van der Waals surface area contributed by atoms with Crippen LogP contribution in [0.15, 0.2) is 0 Å². The maximum atomic E-state index is 13.1. The van der Waals surface area contributed by atoms with Crippen molar-refractivity contribution in [1.29, 1.82) is 0 Å². The molecule has 19 heteroatoms. The van der Waals surface area contributed by atoms with Gasteiger partial charge in [-0.2, -0.15) is 0 Å². The summed E-state index contributed by atoms with van der Waals surface area (Å²) in [5.41, 5.74) is 0. The first-order valence-electron chi connectivity index (χ1n) is 39.2. The second-order valence-electron chi connectivity index (χ2n) is 29.1. The fraction of sp³-hybridized carbons (Fsp3) is 0.947. The van der Waals surface area contributed by atoms with Crippen LogP contribution in [-0.4, -0.2) is 96.7 Å². The summed E-state index contributed by atoms with van der Waals surface area (Å²) in [6.45, 7) is 14.2. The Morgan fingerprint density at radius 1 is 0.295 bits per heavy atom. The average Bonchev–Trinajstić information content (AvgIpc) is 1.34. The summed E-state index contributed by atoms with van der Waals surface area (Å²) in [4.78, 5) is 72.8. The SMILES string of the molecule is CCC(C)CCCCCCCCCCC(=O)O[C@H](COC(=O)CCCCCCCCCCCCCCCC(C)C)COP(=O)(O)OCC(O)COP(=O)(O)OC[C@@H](COC(=O)CCCCCCCCCC(C)C)OC(=O)CCCCCCCCCCCCCCCCC(C)C. The molecule has 0 saturated carbocycles. The van der Waals surface area contributed by atoms with Crippen molar-refractivity contribution in [3.8, 4) is 0 Å². The Balaban J connectivity index is 5.23. The summed E-state index contributed by atoms with van der Waals surface area (Å²) >= 11 is 0.